The first-order valence-corrected chi connectivity index (χ1v) is 12.9. The van der Waals surface area contributed by atoms with Crippen molar-refractivity contribution in [3.8, 4) is 22.3 Å². The van der Waals surface area contributed by atoms with E-state index < -0.39 is 9.84 Å². The Morgan fingerprint density at radius 1 is 0.833 bits per heavy atom. The average molecular weight is 492 g/mol. The molecule has 176 valence electrons. The lowest BCUT2D eigenvalue weighted by atomic mass is 10.0. The highest BCUT2D eigenvalue weighted by atomic mass is 32.2. The molecule has 3 aromatic carbocycles. The van der Waals surface area contributed by atoms with Crippen molar-refractivity contribution in [1.82, 2.24) is 15.0 Å². The molecule has 0 atom stereocenters. The van der Waals surface area contributed by atoms with Crippen molar-refractivity contribution in [3.05, 3.63) is 103 Å². The van der Waals surface area contributed by atoms with Gasteiger partial charge < -0.3 is 9.97 Å². The first-order valence-electron chi connectivity index (χ1n) is 11.4. The lowest BCUT2D eigenvalue weighted by Crippen LogP contribution is -2.06. The summed E-state index contributed by atoms with van der Waals surface area (Å²) in [5, 5.41) is 1.56. The molecular formula is C29H21N3O3S. The second-order valence-corrected chi connectivity index (χ2v) is 10.6. The van der Waals surface area contributed by atoms with Crippen LogP contribution in [-0.4, -0.2) is 29.7 Å². The minimum absolute atomic E-state index is 0.181. The summed E-state index contributed by atoms with van der Waals surface area (Å²) in [4.78, 5) is 22.5. The summed E-state index contributed by atoms with van der Waals surface area (Å²) >= 11 is 0. The topological polar surface area (TPSA) is 95.7 Å². The van der Waals surface area contributed by atoms with E-state index in [0.717, 1.165) is 33.9 Å². The molecule has 0 fully saturated rings. The molecule has 3 aromatic heterocycles. The van der Waals surface area contributed by atoms with E-state index >= 15 is 0 Å². The third kappa shape index (κ3) is 3.52. The molecule has 7 heteroatoms. The van der Waals surface area contributed by atoms with E-state index in [2.05, 4.69) is 15.0 Å². The van der Waals surface area contributed by atoms with Gasteiger partial charge in [-0.05, 0) is 53.8 Å². The highest BCUT2D eigenvalue weighted by molar-refractivity contribution is 7.92. The molecule has 0 saturated heterocycles. The SMILES string of the molecule is Cc1ccc(S(=O)(=O)c2c(-c3ccc(C=O)cc3)cnc3[nH]cc(-c4ccc5[nH]ccc5c4)c23)cc1. The molecule has 2 N–H and O–H groups in total. The molecule has 0 radical (unpaired) electrons. The third-order valence-corrected chi connectivity index (χ3v) is 8.33. The Bertz CT molecular complexity index is 1860. The van der Waals surface area contributed by atoms with Crippen LogP contribution in [0.2, 0.25) is 0 Å². The smallest absolute Gasteiger partial charge is 0.208 e. The number of carbonyl (C=O) groups is 1. The lowest BCUT2D eigenvalue weighted by molar-refractivity contribution is 0.112. The molecule has 6 aromatic rings. The highest BCUT2D eigenvalue weighted by Gasteiger charge is 2.28. The van der Waals surface area contributed by atoms with Crippen molar-refractivity contribution >= 4 is 38.1 Å². The summed E-state index contributed by atoms with van der Waals surface area (Å²) in [5.74, 6) is 0. The Hall–Kier alpha value is -4.49. The first kappa shape index (κ1) is 22.0. The number of hydrogen-bond acceptors (Lipinski definition) is 4. The molecule has 0 unspecified atom stereocenters. The number of aromatic nitrogens is 3. The quantitative estimate of drug-likeness (QED) is 0.275. The van der Waals surface area contributed by atoms with Gasteiger partial charge in [-0.3, -0.25) is 4.79 Å². The van der Waals surface area contributed by atoms with Crippen molar-refractivity contribution in [3.63, 3.8) is 0 Å². The summed E-state index contributed by atoms with van der Waals surface area (Å²) in [6.45, 7) is 1.92. The Balaban J connectivity index is 1.69. The van der Waals surface area contributed by atoms with Crippen LogP contribution in [-0.2, 0) is 9.84 Å². The number of pyridine rings is 1. The molecular weight excluding hydrogens is 470 g/mol. The van der Waals surface area contributed by atoms with Gasteiger partial charge in [0.25, 0.3) is 0 Å². The zero-order valence-electron chi connectivity index (χ0n) is 19.3. The van der Waals surface area contributed by atoms with E-state index in [9.17, 15) is 13.2 Å². The van der Waals surface area contributed by atoms with Gasteiger partial charge in [0.1, 0.15) is 11.9 Å². The van der Waals surface area contributed by atoms with E-state index in [1.54, 1.807) is 60.9 Å². The monoisotopic (exact) mass is 491 g/mol. The number of rotatable bonds is 5. The Kier molecular flexibility index (Phi) is 5.09. The number of sulfone groups is 1. The number of nitrogens with zero attached hydrogens (tertiary/aromatic N) is 1. The van der Waals surface area contributed by atoms with Gasteiger partial charge in [-0.25, -0.2) is 13.4 Å². The van der Waals surface area contributed by atoms with Crippen molar-refractivity contribution in [2.45, 2.75) is 16.7 Å². The van der Waals surface area contributed by atoms with Crippen LogP contribution in [0.5, 0.6) is 0 Å². The number of carbonyl (C=O) groups excluding carboxylic acids is 1. The van der Waals surface area contributed by atoms with E-state index in [0.29, 0.717) is 27.7 Å². The molecule has 0 bridgehead atoms. The molecule has 0 aliphatic rings. The average Bonchev–Trinajstić information content (AvgIpc) is 3.55. The second kappa shape index (κ2) is 8.32. The highest BCUT2D eigenvalue weighted by Crippen LogP contribution is 2.41. The van der Waals surface area contributed by atoms with Crippen molar-refractivity contribution in [2.24, 2.45) is 0 Å². The molecule has 0 aliphatic heterocycles. The Morgan fingerprint density at radius 2 is 1.58 bits per heavy atom. The van der Waals surface area contributed by atoms with Gasteiger partial charge in [-0.15, -0.1) is 0 Å². The summed E-state index contributed by atoms with van der Waals surface area (Å²) in [6, 6.07) is 21.7. The van der Waals surface area contributed by atoms with Gasteiger partial charge >= 0.3 is 0 Å². The summed E-state index contributed by atoms with van der Waals surface area (Å²) < 4.78 is 28.5. The Labute approximate surface area is 207 Å². The predicted octanol–water partition coefficient (Wildman–Crippen LogP) is 6.33. The molecule has 36 heavy (non-hydrogen) atoms. The van der Waals surface area contributed by atoms with Crippen molar-refractivity contribution < 1.29 is 13.2 Å². The van der Waals surface area contributed by atoms with Crippen LogP contribution in [0.25, 0.3) is 44.2 Å². The number of nitrogens with one attached hydrogen (secondary N) is 2. The number of aromatic amines is 2. The molecule has 3 heterocycles. The first-order chi connectivity index (χ1) is 17.5. The maximum atomic E-state index is 14.2. The largest absolute Gasteiger partial charge is 0.361 e. The fourth-order valence-corrected chi connectivity index (χ4v) is 6.24. The van der Waals surface area contributed by atoms with Gasteiger partial charge in [-0.2, -0.15) is 0 Å². The molecule has 0 aliphatic carbocycles. The number of hydrogen-bond donors (Lipinski definition) is 2. The summed E-state index contributed by atoms with van der Waals surface area (Å²) in [5.41, 5.74) is 5.73. The molecule has 6 nitrogen and oxygen atoms in total. The van der Waals surface area contributed by atoms with Crippen LogP contribution in [0.4, 0.5) is 0 Å². The van der Waals surface area contributed by atoms with Gasteiger partial charge in [0, 0.05) is 46.2 Å². The maximum Gasteiger partial charge on any atom is 0.208 e. The molecule has 0 saturated carbocycles. The number of aryl methyl sites for hydroxylation is 1. The van der Waals surface area contributed by atoms with Crippen LogP contribution < -0.4 is 0 Å². The standard InChI is InChI=1S/C29H21N3O3S/c1-18-2-9-23(10-3-18)36(34,35)28-25(20-6-4-19(17-33)5-7-20)16-32-29-27(28)24(15-31-29)21-8-11-26-22(14-21)12-13-30-26/h2-17,30H,1H3,(H,31,32). The maximum absolute atomic E-state index is 14.2. The fourth-order valence-electron chi connectivity index (χ4n) is 4.58. The van der Waals surface area contributed by atoms with E-state index in [1.807, 2.05) is 37.4 Å². The minimum Gasteiger partial charge on any atom is -0.361 e. The number of aldehydes is 1. The summed E-state index contributed by atoms with van der Waals surface area (Å²) in [7, 11) is -3.94. The number of H-pyrrole nitrogens is 2. The zero-order valence-corrected chi connectivity index (χ0v) is 20.1. The van der Waals surface area contributed by atoms with Crippen LogP contribution in [0, 0.1) is 6.92 Å². The van der Waals surface area contributed by atoms with Crippen LogP contribution in [0.3, 0.4) is 0 Å². The zero-order chi connectivity index (χ0) is 24.9. The predicted molar refractivity (Wildman–Crippen MR) is 141 cm³/mol. The lowest BCUT2D eigenvalue weighted by Gasteiger charge is -2.14. The second-order valence-electron chi connectivity index (χ2n) is 8.76. The van der Waals surface area contributed by atoms with Gasteiger partial charge in [-0.1, -0.05) is 48.0 Å². The third-order valence-electron chi connectivity index (χ3n) is 6.48. The Morgan fingerprint density at radius 3 is 2.33 bits per heavy atom. The fraction of sp³-hybridized carbons (Fsp3) is 0.0345. The molecule has 6 rings (SSSR count). The van der Waals surface area contributed by atoms with Crippen LogP contribution in [0.1, 0.15) is 15.9 Å². The minimum atomic E-state index is -3.94. The van der Waals surface area contributed by atoms with Crippen LogP contribution >= 0.6 is 0 Å². The number of fused-ring (bicyclic) bond motifs is 2. The van der Waals surface area contributed by atoms with E-state index in [1.165, 1.54) is 0 Å². The normalized spacial score (nSPS) is 11.8. The van der Waals surface area contributed by atoms with Crippen LogP contribution in [0.15, 0.2) is 101 Å². The number of benzene rings is 3. The molecule has 0 amide bonds. The van der Waals surface area contributed by atoms with E-state index in [-0.39, 0.29) is 9.79 Å². The van der Waals surface area contributed by atoms with Crippen molar-refractivity contribution in [1.29, 1.82) is 0 Å². The van der Waals surface area contributed by atoms with Gasteiger partial charge in [0.2, 0.25) is 9.84 Å². The van der Waals surface area contributed by atoms with Crippen molar-refractivity contribution in [2.75, 3.05) is 0 Å². The summed E-state index contributed by atoms with van der Waals surface area (Å²) in [6.07, 6.45) is 6.02. The molecule has 0 spiro atoms. The van der Waals surface area contributed by atoms with Gasteiger partial charge in [0.15, 0.2) is 0 Å². The van der Waals surface area contributed by atoms with E-state index in [4.69, 9.17) is 0 Å². The van der Waals surface area contributed by atoms with Gasteiger partial charge in [0.05, 0.1) is 9.79 Å².